The first kappa shape index (κ1) is 10.7. The van der Waals surface area contributed by atoms with Gasteiger partial charge in [0, 0.05) is 5.56 Å². The van der Waals surface area contributed by atoms with E-state index in [9.17, 15) is 13.5 Å². The Morgan fingerprint density at radius 1 is 1.29 bits per heavy atom. The monoisotopic (exact) mass is 252 g/mol. The summed E-state index contributed by atoms with van der Waals surface area (Å²) in [6, 6.07) is 6.80. The second kappa shape index (κ2) is 3.54. The van der Waals surface area contributed by atoms with Crippen LogP contribution in [0.2, 0.25) is 0 Å². The molecule has 0 spiro atoms. The van der Waals surface area contributed by atoms with Crippen LogP contribution < -0.4 is 4.72 Å². The average molecular weight is 252 g/mol. The Kier molecular flexibility index (Phi) is 2.24. The zero-order valence-electron chi connectivity index (χ0n) is 9.00. The molecule has 90 valence electrons. The van der Waals surface area contributed by atoms with Crippen LogP contribution in [0.5, 0.6) is 0 Å². The van der Waals surface area contributed by atoms with Crippen LogP contribution in [0.4, 0.5) is 0 Å². The molecule has 0 bridgehead atoms. The summed E-state index contributed by atoms with van der Waals surface area (Å²) in [5.41, 5.74) is 0.619. The Morgan fingerprint density at radius 2 is 2.00 bits per heavy atom. The van der Waals surface area contributed by atoms with Gasteiger partial charge in [-0.15, -0.1) is 0 Å². The molecule has 3 rings (SSSR count). The molecule has 2 aliphatic rings. The maximum Gasteiger partial charge on any atom is 0.263 e. The molecule has 1 fully saturated rings. The average Bonchev–Trinajstić information content (AvgIpc) is 2.50. The van der Waals surface area contributed by atoms with Crippen molar-refractivity contribution in [1.29, 1.82) is 0 Å². The third-order valence-corrected chi connectivity index (χ3v) is 4.46. The molecule has 1 aliphatic carbocycles. The molecule has 1 saturated carbocycles. The highest BCUT2D eigenvalue weighted by molar-refractivity contribution is 7.90. The SMILES string of the molecule is O=S1(=O)NC(=NC2CC(O)C2)c2ccccc21. The molecule has 1 aromatic carbocycles. The Balaban J connectivity index is 2.00. The molecule has 0 radical (unpaired) electrons. The molecular formula is C11H12N2O3S. The van der Waals surface area contributed by atoms with E-state index >= 15 is 0 Å². The van der Waals surface area contributed by atoms with Crippen LogP contribution in [-0.4, -0.2) is 31.5 Å². The van der Waals surface area contributed by atoms with Crippen molar-refractivity contribution < 1.29 is 13.5 Å². The Morgan fingerprint density at radius 3 is 2.71 bits per heavy atom. The largest absolute Gasteiger partial charge is 0.393 e. The number of hydrogen-bond acceptors (Lipinski definition) is 4. The van der Waals surface area contributed by atoms with E-state index in [0.29, 0.717) is 24.2 Å². The van der Waals surface area contributed by atoms with Crippen molar-refractivity contribution in [3.05, 3.63) is 29.8 Å². The molecule has 0 unspecified atom stereocenters. The Bertz CT molecular complexity index is 588. The first-order valence-corrected chi connectivity index (χ1v) is 6.93. The van der Waals surface area contributed by atoms with Crippen LogP contribution in [0.3, 0.4) is 0 Å². The molecule has 5 nitrogen and oxygen atoms in total. The van der Waals surface area contributed by atoms with Crippen molar-refractivity contribution in [3.63, 3.8) is 0 Å². The molecule has 1 aromatic rings. The maximum absolute atomic E-state index is 11.8. The molecule has 6 heteroatoms. The van der Waals surface area contributed by atoms with Crippen molar-refractivity contribution in [2.45, 2.75) is 29.9 Å². The van der Waals surface area contributed by atoms with Crippen LogP contribution >= 0.6 is 0 Å². The van der Waals surface area contributed by atoms with Crippen LogP contribution in [0.25, 0.3) is 0 Å². The molecular weight excluding hydrogens is 240 g/mol. The summed E-state index contributed by atoms with van der Waals surface area (Å²) in [5, 5.41) is 9.18. The van der Waals surface area contributed by atoms with Gasteiger partial charge in [0.2, 0.25) is 0 Å². The third kappa shape index (κ3) is 1.73. The highest BCUT2D eigenvalue weighted by Gasteiger charge is 2.33. The summed E-state index contributed by atoms with van der Waals surface area (Å²) in [5.74, 6) is 0.400. The first-order valence-electron chi connectivity index (χ1n) is 5.44. The highest BCUT2D eigenvalue weighted by Crippen LogP contribution is 2.27. The number of aliphatic imine (C=N–C) groups is 1. The Hall–Kier alpha value is -1.40. The highest BCUT2D eigenvalue weighted by atomic mass is 32.2. The van der Waals surface area contributed by atoms with E-state index in [1.165, 1.54) is 0 Å². The van der Waals surface area contributed by atoms with E-state index in [1.807, 2.05) is 0 Å². The van der Waals surface area contributed by atoms with Crippen molar-refractivity contribution in [3.8, 4) is 0 Å². The molecule has 1 aliphatic heterocycles. The fourth-order valence-corrected chi connectivity index (χ4v) is 3.32. The number of aliphatic hydroxyl groups is 1. The number of aliphatic hydroxyl groups excluding tert-OH is 1. The van der Waals surface area contributed by atoms with Gasteiger partial charge in [0.1, 0.15) is 5.84 Å². The van der Waals surface area contributed by atoms with Gasteiger partial charge in [0.15, 0.2) is 0 Å². The number of rotatable bonds is 1. The van der Waals surface area contributed by atoms with Crippen LogP contribution in [0, 0.1) is 0 Å². The van der Waals surface area contributed by atoms with Gasteiger partial charge < -0.3 is 5.11 Å². The van der Waals surface area contributed by atoms with Gasteiger partial charge in [-0.1, -0.05) is 12.1 Å². The maximum atomic E-state index is 11.8. The lowest BCUT2D eigenvalue weighted by Gasteiger charge is -2.28. The fraction of sp³-hybridized carbons (Fsp3) is 0.364. The van der Waals surface area contributed by atoms with Crippen molar-refractivity contribution in [1.82, 2.24) is 4.72 Å². The Labute approximate surface area is 99.2 Å². The van der Waals surface area contributed by atoms with Crippen LogP contribution in [0.15, 0.2) is 34.2 Å². The van der Waals surface area contributed by atoms with Gasteiger partial charge in [-0.05, 0) is 25.0 Å². The summed E-state index contributed by atoms with van der Waals surface area (Å²) in [6.07, 6.45) is 0.915. The summed E-state index contributed by atoms with van der Waals surface area (Å²) >= 11 is 0. The van der Waals surface area contributed by atoms with Gasteiger partial charge in [0.05, 0.1) is 17.0 Å². The normalized spacial score (nSPS) is 31.7. The molecule has 17 heavy (non-hydrogen) atoms. The van der Waals surface area contributed by atoms with E-state index in [-0.39, 0.29) is 17.0 Å². The number of fused-ring (bicyclic) bond motifs is 1. The number of benzene rings is 1. The van der Waals surface area contributed by atoms with Crippen LogP contribution in [0.1, 0.15) is 18.4 Å². The minimum Gasteiger partial charge on any atom is -0.393 e. The lowest BCUT2D eigenvalue weighted by Crippen LogP contribution is -2.34. The van der Waals surface area contributed by atoms with E-state index in [1.54, 1.807) is 24.3 Å². The lowest BCUT2D eigenvalue weighted by molar-refractivity contribution is 0.0778. The number of nitrogens with zero attached hydrogens (tertiary/aromatic N) is 1. The first-order chi connectivity index (χ1) is 8.06. The second-order valence-corrected chi connectivity index (χ2v) is 6.01. The number of nitrogens with one attached hydrogen (secondary N) is 1. The molecule has 2 N–H and O–H groups in total. The molecule has 0 saturated heterocycles. The van der Waals surface area contributed by atoms with E-state index in [4.69, 9.17) is 0 Å². The standard InChI is InChI=1S/C11H12N2O3S/c14-8-5-7(6-8)12-11-9-3-1-2-4-10(9)17(15,16)13-11/h1-4,7-8,14H,5-6H2,(H,12,13). The molecule has 0 amide bonds. The lowest BCUT2D eigenvalue weighted by atomic mass is 9.90. The molecule has 0 atom stereocenters. The smallest absolute Gasteiger partial charge is 0.263 e. The predicted molar refractivity (Wildman–Crippen MR) is 62.3 cm³/mol. The predicted octanol–water partition coefficient (Wildman–Crippen LogP) is 0.248. The minimum absolute atomic E-state index is 0.0221. The molecule has 1 heterocycles. The van der Waals surface area contributed by atoms with E-state index in [0.717, 1.165) is 0 Å². The van der Waals surface area contributed by atoms with Gasteiger partial charge >= 0.3 is 0 Å². The minimum atomic E-state index is -3.44. The molecule has 0 aromatic heterocycles. The summed E-state index contributed by atoms with van der Waals surface area (Å²) < 4.78 is 26.0. The van der Waals surface area contributed by atoms with Crippen molar-refractivity contribution in [2.24, 2.45) is 4.99 Å². The van der Waals surface area contributed by atoms with E-state index in [2.05, 4.69) is 9.71 Å². The number of sulfonamides is 1. The van der Waals surface area contributed by atoms with E-state index < -0.39 is 10.0 Å². The number of amidine groups is 1. The topological polar surface area (TPSA) is 78.8 Å². The van der Waals surface area contributed by atoms with Crippen molar-refractivity contribution in [2.75, 3.05) is 0 Å². The van der Waals surface area contributed by atoms with Crippen molar-refractivity contribution >= 4 is 15.9 Å². The zero-order chi connectivity index (χ0) is 12.0. The van der Waals surface area contributed by atoms with Gasteiger partial charge in [-0.3, -0.25) is 9.71 Å². The quantitative estimate of drug-likeness (QED) is 0.752. The summed E-state index contributed by atoms with van der Waals surface area (Å²) in [4.78, 5) is 4.61. The zero-order valence-corrected chi connectivity index (χ0v) is 9.81. The third-order valence-electron chi connectivity index (χ3n) is 3.06. The fourth-order valence-electron chi connectivity index (χ4n) is 2.08. The van der Waals surface area contributed by atoms with Gasteiger partial charge in [-0.25, -0.2) is 8.42 Å². The van der Waals surface area contributed by atoms with Gasteiger partial charge in [-0.2, -0.15) is 0 Å². The number of hydrogen-bond donors (Lipinski definition) is 2. The summed E-state index contributed by atoms with van der Waals surface area (Å²) in [6.45, 7) is 0. The summed E-state index contributed by atoms with van der Waals surface area (Å²) in [7, 11) is -3.44. The second-order valence-electron chi connectivity index (χ2n) is 4.36. The van der Waals surface area contributed by atoms with Gasteiger partial charge in [0.25, 0.3) is 10.0 Å². The van der Waals surface area contributed by atoms with Crippen LogP contribution in [-0.2, 0) is 10.0 Å².